The average Bonchev–Trinajstić information content (AvgIpc) is 2.91. The molecule has 0 bridgehead atoms. The van der Waals surface area contributed by atoms with E-state index in [1.807, 2.05) is 0 Å². The molecule has 0 atom stereocenters. The first-order chi connectivity index (χ1) is 12.4. The second-order valence-corrected chi connectivity index (χ2v) is 6.12. The standard InChI is InChI=1S/C15H19N7O4/c1-9-7-11(20(2)19-9)26-15-12(22(24)25)14(17-8-18-15)21-5-3-10(4-6-21)13(16)23/h7-8,10H,3-6H2,1-2H3,(H2,16,23). The number of hydrogen-bond donors (Lipinski definition) is 1. The van der Waals surface area contributed by atoms with Gasteiger partial charge in [0.15, 0.2) is 0 Å². The highest BCUT2D eigenvalue weighted by Gasteiger charge is 2.32. The van der Waals surface area contributed by atoms with Crippen molar-refractivity contribution in [3.05, 3.63) is 28.2 Å². The Morgan fingerprint density at radius 1 is 1.38 bits per heavy atom. The van der Waals surface area contributed by atoms with Crippen LogP contribution in [0.15, 0.2) is 12.4 Å². The molecule has 1 fully saturated rings. The number of piperidine rings is 1. The van der Waals surface area contributed by atoms with Crippen molar-refractivity contribution in [2.45, 2.75) is 19.8 Å². The lowest BCUT2D eigenvalue weighted by Gasteiger charge is -2.30. The number of nitro groups is 1. The third kappa shape index (κ3) is 3.41. The molecule has 11 nitrogen and oxygen atoms in total. The van der Waals surface area contributed by atoms with Crippen LogP contribution < -0.4 is 15.4 Å². The molecule has 3 rings (SSSR count). The van der Waals surface area contributed by atoms with E-state index in [4.69, 9.17) is 10.5 Å². The lowest BCUT2D eigenvalue weighted by Crippen LogP contribution is -2.39. The number of amides is 1. The lowest BCUT2D eigenvalue weighted by molar-refractivity contribution is -0.385. The van der Waals surface area contributed by atoms with Crippen LogP contribution in [0.3, 0.4) is 0 Å². The van der Waals surface area contributed by atoms with Gasteiger partial charge in [0.2, 0.25) is 17.6 Å². The third-order valence-electron chi connectivity index (χ3n) is 4.31. The van der Waals surface area contributed by atoms with E-state index in [1.54, 1.807) is 24.9 Å². The van der Waals surface area contributed by atoms with E-state index < -0.39 is 4.92 Å². The predicted molar refractivity (Wildman–Crippen MR) is 90.8 cm³/mol. The van der Waals surface area contributed by atoms with Crippen LogP contribution in [-0.4, -0.2) is 43.7 Å². The van der Waals surface area contributed by atoms with E-state index in [2.05, 4.69) is 15.1 Å². The van der Waals surface area contributed by atoms with Crippen molar-refractivity contribution >= 4 is 17.4 Å². The van der Waals surface area contributed by atoms with E-state index in [0.29, 0.717) is 37.5 Å². The van der Waals surface area contributed by atoms with Crippen molar-refractivity contribution in [3.8, 4) is 11.8 Å². The highest BCUT2D eigenvalue weighted by atomic mass is 16.6. The Bertz CT molecular complexity index is 843. The van der Waals surface area contributed by atoms with Crippen molar-refractivity contribution in [2.24, 2.45) is 18.7 Å². The van der Waals surface area contributed by atoms with Gasteiger partial charge in [-0.1, -0.05) is 0 Å². The minimum absolute atomic E-state index is 0.153. The molecule has 138 valence electrons. The van der Waals surface area contributed by atoms with Crippen molar-refractivity contribution in [1.82, 2.24) is 19.7 Å². The van der Waals surface area contributed by atoms with E-state index in [9.17, 15) is 14.9 Å². The van der Waals surface area contributed by atoms with Gasteiger partial charge in [-0.2, -0.15) is 10.1 Å². The second kappa shape index (κ2) is 6.94. The Balaban J connectivity index is 1.91. The number of aryl methyl sites for hydroxylation is 2. The largest absolute Gasteiger partial charge is 0.415 e. The number of hydrogen-bond acceptors (Lipinski definition) is 8. The number of ether oxygens (including phenoxy) is 1. The van der Waals surface area contributed by atoms with Gasteiger partial charge in [0.25, 0.3) is 0 Å². The summed E-state index contributed by atoms with van der Waals surface area (Å²) in [5.74, 6) is -0.220. The fourth-order valence-electron chi connectivity index (χ4n) is 2.98. The molecule has 11 heteroatoms. The van der Waals surface area contributed by atoms with Gasteiger partial charge in [-0.3, -0.25) is 14.9 Å². The number of carbonyl (C=O) groups excluding carboxylic acids is 1. The molecule has 3 heterocycles. The Hall–Kier alpha value is -3.24. The smallest absolute Gasteiger partial charge is 0.373 e. The van der Waals surface area contributed by atoms with Crippen molar-refractivity contribution in [3.63, 3.8) is 0 Å². The Labute approximate surface area is 148 Å². The van der Waals surface area contributed by atoms with Crippen LogP contribution >= 0.6 is 0 Å². The molecule has 26 heavy (non-hydrogen) atoms. The van der Waals surface area contributed by atoms with Gasteiger partial charge in [-0.15, -0.1) is 0 Å². The summed E-state index contributed by atoms with van der Waals surface area (Å²) in [6, 6.07) is 1.66. The van der Waals surface area contributed by atoms with Crippen molar-refractivity contribution < 1.29 is 14.5 Å². The van der Waals surface area contributed by atoms with Crippen LogP contribution in [0.4, 0.5) is 11.5 Å². The molecular formula is C15H19N7O4. The van der Waals surface area contributed by atoms with Gasteiger partial charge >= 0.3 is 11.6 Å². The molecule has 1 aliphatic rings. The molecule has 0 unspecified atom stereocenters. The summed E-state index contributed by atoms with van der Waals surface area (Å²) in [5.41, 5.74) is 5.74. The Morgan fingerprint density at radius 3 is 2.62 bits per heavy atom. The predicted octanol–water partition coefficient (Wildman–Crippen LogP) is 0.921. The van der Waals surface area contributed by atoms with Crippen molar-refractivity contribution in [2.75, 3.05) is 18.0 Å². The summed E-state index contributed by atoms with van der Waals surface area (Å²) in [6.07, 6.45) is 2.27. The number of nitrogens with two attached hydrogens (primary N) is 1. The second-order valence-electron chi connectivity index (χ2n) is 6.12. The molecule has 0 saturated carbocycles. The molecule has 0 radical (unpaired) electrons. The third-order valence-corrected chi connectivity index (χ3v) is 4.31. The molecule has 0 spiro atoms. The molecule has 1 aliphatic heterocycles. The molecule has 2 N–H and O–H groups in total. The average molecular weight is 361 g/mol. The summed E-state index contributed by atoms with van der Waals surface area (Å²) in [4.78, 5) is 32.2. The van der Waals surface area contributed by atoms with Gasteiger partial charge < -0.3 is 15.4 Å². The molecule has 2 aromatic rings. The highest BCUT2D eigenvalue weighted by molar-refractivity contribution is 5.77. The zero-order valence-corrected chi connectivity index (χ0v) is 14.5. The van der Waals surface area contributed by atoms with Gasteiger partial charge in [0.1, 0.15) is 6.33 Å². The van der Waals surface area contributed by atoms with E-state index in [1.165, 1.54) is 11.0 Å². The zero-order valence-electron chi connectivity index (χ0n) is 14.5. The molecular weight excluding hydrogens is 342 g/mol. The molecule has 2 aromatic heterocycles. The van der Waals surface area contributed by atoms with Crippen molar-refractivity contribution in [1.29, 1.82) is 0 Å². The van der Waals surface area contributed by atoms with E-state index in [0.717, 1.165) is 0 Å². The minimum atomic E-state index is -0.561. The van der Waals surface area contributed by atoms with Gasteiger partial charge in [-0.05, 0) is 19.8 Å². The fourth-order valence-corrected chi connectivity index (χ4v) is 2.98. The first-order valence-electron chi connectivity index (χ1n) is 8.09. The topological polar surface area (TPSA) is 142 Å². The Morgan fingerprint density at radius 2 is 2.08 bits per heavy atom. The summed E-state index contributed by atoms with van der Waals surface area (Å²) < 4.78 is 7.09. The molecule has 0 aromatic carbocycles. The van der Waals surface area contributed by atoms with Crippen LogP contribution in [-0.2, 0) is 11.8 Å². The van der Waals surface area contributed by atoms with Crippen LogP contribution in [0.2, 0.25) is 0 Å². The number of anilines is 1. The Kier molecular flexibility index (Phi) is 4.69. The van der Waals surface area contributed by atoms with Crippen LogP contribution in [0.1, 0.15) is 18.5 Å². The monoisotopic (exact) mass is 361 g/mol. The number of carbonyl (C=O) groups is 1. The summed E-state index contributed by atoms with van der Waals surface area (Å²) in [7, 11) is 1.67. The minimum Gasteiger partial charge on any atom is -0.415 e. The molecule has 1 saturated heterocycles. The summed E-state index contributed by atoms with van der Waals surface area (Å²) in [5, 5.41) is 15.8. The van der Waals surface area contributed by atoms with Gasteiger partial charge in [0.05, 0.1) is 10.6 Å². The first kappa shape index (κ1) is 17.6. The SMILES string of the molecule is Cc1cc(Oc2ncnc(N3CCC(C(N)=O)CC3)c2[N+](=O)[O-])n(C)n1. The quantitative estimate of drug-likeness (QED) is 0.612. The lowest BCUT2D eigenvalue weighted by atomic mass is 9.96. The van der Waals surface area contributed by atoms with Gasteiger partial charge in [-0.25, -0.2) is 9.67 Å². The van der Waals surface area contributed by atoms with Crippen LogP contribution in [0.5, 0.6) is 11.8 Å². The zero-order chi connectivity index (χ0) is 18.8. The van der Waals surface area contributed by atoms with E-state index in [-0.39, 0.29) is 29.2 Å². The maximum atomic E-state index is 11.7. The molecule has 1 amide bonds. The molecule has 0 aliphatic carbocycles. The number of nitrogens with zero attached hydrogens (tertiary/aromatic N) is 6. The highest BCUT2D eigenvalue weighted by Crippen LogP contribution is 2.37. The first-order valence-corrected chi connectivity index (χ1v) is 8.09. The number of aromatic nitrogens is 4. The van der Waals surface area contributed by atoms with Gasteiger partial charge in [0, 0.05) is 32.1 Å². The summed E-state index contributed by atoms with van der Waals surface area (Å²) in [6.45, 7) is 2.67. The number of primary amides is 1. The maximum Gasteiger partial charge on any atom is 0.373 e. The fraction of sp³-hybridized carbons (Fsp3) is 0.467. The maximum absolute atomic E-state index is 11.7. The normalized spacial score (nSPS) is 15.1. The summed E-state index contributed by atoms with van der Waals surface area (Å²) >= 11 is 0. The van der Waals surface area contributed by atoms with Crippen LogP contribution in [0.25, 0.3) is 0 Å². The van der Waals surface area contributed by atoms with Crippen LogP contribution in [0, 0.1) is 23.0 Å². The number of rotatable bonds is 5. The van der Waals surface area contributed by atoms with E-state index >= 15 is 0 Å².